The second-order valence-corrected chi connectivity index (χ2v) is 5.48. The maximum Gasteiger partial charge on any atom is 0.319 e. The van der Waals surface area contributed by atoms with Crippen LogP contribution in [0.4, 0.5) is 0 Å². The van der Waals surface area contributed by atoms with Crippen LogP contribution in [0.25, 0.3) is 0 Å². The molecule has 0 fully saturated rings. The van der Waals surface area contributed by atoms with Crippen LogP contribution in [0.1, 0.15) is 12.5 Å². The van der Waals surface area contributed by atoms with Gasteiger partial charge >= 0.3 is 5.97 Å². The zero-order chi connectivity index (χ0) is 17.7. The average Bonchev–Trinajstić information content (AvgIpc) is 2.56. The summed E-state index contributed by atoms with van der Waals surface area (Å²) in [5, 5.41) is 10.0. The SMILES string of the molecule is COC(OC)C(C)(C(=O)O)c1ccccc1Oc1cc(Cl)ncn1. The van der Waals surface area contributed by atoms with Gasteiger partial charge in [0.2, 0.25) is 5.88 Å². The largest absolute Gasteiger partial charge is 0.480 e. The number of carbonyl (C=O) groups is 1. The zero-order valence-electron chi connectivity index (χ0n) is 13.4. The fourth-order valence-electron chi connectivity index (χ4n) is 2.38. The van der Waals surface area contributed by atoms with Crippen molar-refractivity contribution in [2.75, 3.05) is 14.2 Å². The van der Waals surface area contributed by atoms with Gasteiger partial charge in [-0.15, -0.1) is 0 Å². The lowest BCUT2D eigenvalue weighted by Gasteiger charge is -2.33. The van der Waals surface area contributed by atoms with Crippen molar-refractivity contribution in [1.29, 1.82) is 0 Å². The van der Waals surface area contributed by atoms with E-state index in [9.17, 15) is 9.90 Å². The molecule has 1 aromatic heterocycles. The summed E-state index contributed by atoms with van der Waals surface area (Å²) < 4.78 is 16.1. The molecular formula is C16H17ClN2O5. The first kappa shape index (κ1) is 18.1. The van der Waals surface area contributed by atoms with Crippen LogP contribution in [0.3, 0.4) is 0 Å². The molecule has 1 N–H and O–H groups in total. The highest BCUT2D eigenvalue weighted by Crippen LogP contribution is 2.38. The van der Waals surface area contributed by atoms with Gasteiger partial charge in [-0.1, -0.05) is 29.8 Å². The minimum Gasteiger partial charge on any atom is -0.480 e. The lowest BCUT2D eigenvalue weighted by atomic mass is 9.81. The summed E-state index contributed by atoms with van der Waals surface area (Å²) in [4.78, 5) is 19.7. The number of aliphatic carboxylic acids is 1. The first-order valence-corrected chi connectivity index (χ1v) is 7.35. The van der Waals surface area contributed by atoms with E-state index in [2.05, 4.69) is 9.97 Å². The van der Waals surface area contributed by atoms with Crippen LogP contribution in [0.2, 0.25) is 5.15 Å². The van der Waals surface area contributed by atoms with Crippen molar-refractivity contribution in [3.63, 3.8) is 0 Å². The zero-order valence-corrected chi connectivity index (χ0v) is 14.1. The molecule has 128 valence electrons. The number of benzene rings is 1. The molecule has 0 aliphatic heterocycles. The molecule has 0 aliphatic carbocycles. The molecule has 1 unspecified atom stereocenters. The molecule has 2 rings (SSSR count). The maximum absolute atomic E-state index is 12.0. The van der Waals surface area contributed by atoms with Crippen LogP contribution in [0.5, 0.6) is 11.6 Å². The fourth-order valence-corrected chi connectivity index (χ4v) is 2.52. The Morgan fingerprint density at radius 1 is 1.25 bits per heavy atom. The summed E-state index contributed by atoms with van der Waals surface area (Å²) in [6, 6.07) is 8.13. The number of ether oxygens (including phenoxy) is 3. The molecule has 24 heavy (non-hydrogen) atoms. The second kappa shape index (κ2) is 7.57. The van der Waals surface area contributed by atoms with Gasteiger partial charge in [-0.25, -0.2) is 9.97 Å². The summed E-state index contributed by atoms with van der Waals surface area (Å²) in [6.45, 7) is 1.50. The predicted octanol–water partition coefficient (Wildman–Crippen LogP) is 2.88. The van der Waals surface area contributed by atoms with Gasteiger partial charge in [0.1, 0.15) is 22.6 Å². The Balaban J connectivity index is 2.51. The smallest absolute Gasteiger partial charge is 0.319 e. The summed E-state index contributed by atoms with van der Waals surface area (Å²) >= 11 is 5.82. The molecule has 0 saturated carbocycles. The number of carboxylic acid groups (broad SMARTS) is 1. The molecule has 1 aromatic carbocycles. The number of para-hydroxylation sites is 1. The third kappa shape index (κ3) is 3.48. The molecule has 0 aliphatic rings. The normalized spacial score (nSPS) is 13.5. The van der Waals surface area contributed by atoms with E-state index in [1.54, 1.807) is 24.3 Å². The van der Waals surface area contributed by atoms with Crippen molar-refractivity contribution < 1.29 is 24.1 Å². The Labute approximate surface area is 144 Å². The quantitative estimate of drug-likeness (QED) is 0.605. The van der Waals surface area contributed by atoms with Gasteiger partial charge in [0.25, 0.3) is 0 Å². The lowest BCUT2D eigenvalue weighted by molar-refractivity contribution is -0.177. The van der Waals surface area contributed by atoms with Crippen molar-refractivity contribution in [2.24, 2.45) is 0 Å². The maximum atomic E-state index is 12.0. The van der Waals surface area contributed by atoms with Gasteiger partial charge < -0.3 is 19.3 Å². The van der Waals surface area contributed by atoms with Gasteiger partial charge in [0.15, 0.2) is 6.29 Å². The fraction of sp³-hybridized carbons (Fsp3) is 0.312. The van der Waals surface area contributed by atoms with Crippen LogP contribution in [0.15, 0.2) is 36.7 Å². The standard InChI is InChI=1S/C16H17ClN2O5/c1-16(14(20)21,15(22-2)23-3)10-6-4-5-7-11(10)24-13-8-12(17)18-9-19-13/h4-9,15H,1-3H3,(H,20,21). The van der Waals surface area contributed by atoms with Crippen molar-refractivity contribution in [3.8, 4) is 11.6 Å². The molecule has 7 nitrogen and oxygen atoms in total. The number of aromatic nitrogens is 2. The van der Waals surface area contributed by atoms with Gasteiger partial charge in [-0.2, -0.15) is 0 Å². The summed E-state index contributed by atoms with van der Waals surface area (Å²) in [6.07, 6.45) is 0.234. The van der Waals surface area contributed by atoms with E-state index in [1.165, 1.54) is 33.5 Å². The molecule has 1 atom stereocenters. The van der Waals surface area contributed by atoms with Gasteiger partial charge in [-0.3, -0.25) is 4.79 Å². The van der Waals surface area contributed by atoms with Gasteiger partial charge in [0, 0.05) is 25.8 Å². The van der Waals surface area contributed by atoms with Crippen LogP contribution >= 0.6 is 11.6 Å². The Morgan fingerprint density at radius 2 is 1.92 bits per heavy atom. The number of halogens is 1. The number of hydrogen-bond donors (Lipinski definition) is 1. The van der Waals surface area contributed by atoms with Crippen molar-refractivity contribution >= 4 is 17.6 Å². The first-order valence-electron chi connectivity index (χ1n) is 6.97. The molecular weight excluding hydrogens is 336 g/mol. The Bertz CT molecular complexity index is 723. The van der Waals surface area contributed by atoms with Crippen LogP contribution < -0.4 is 4.74 Å². The molecule has 8 heteroatoms. The minimum atomic E-state index is -1.50. The number of hydrogen-bond acceptors (Lipinski definition) is 6. The van der Waals surface area contributed by atoms with Crippen LogP contribution in [0, 0.1) is 0 Å². The van der Waals surface area contributed by atoms with Gasteiger partial charge in [-0.05, 0) is 13.0 Å². The average molecular weight is 353 g/mol. The summed E-state index contributed by atoms with van der Waals surface area (Å²) in [5.41, 5.74) is -1.13. The third-order valence-electron chi connectivity index (χ3n) is 3.61. The molecule has 0 spiro atoms. The molecule has 1 heterocycles. The molecule has 0 saturated heterocycles. The van der Waals surface area contributed by atoms with E-state index >= 15 is 0 Å². The van der Waals surface area contributed by atoms with E-state index < -0.39 is 17.7 Å². The highest BCUT2D eigenvalue weighted by molar-refractivity contribution is 6.29. The molecule has 0 amide bonds. The highest BCUT2D eigenvalue weighted by atomic mass is 35.5. The van der Waals surface area contributed by atoms with Crippen molar-refractivity contribution in [1.82, 2.24) is 9.97 Å². The topological polar surface area (TPSA) is 90.8 Å². The first-order chi connectivity index (χ1) is 11.4. The molecule has 0 radical (unpaired) electrons. The Morgan fingerprint density at radius 3 is 2.50 bits per heavy atom. The number of nitrogens with zero attached hydrogens (tertiary/aromatic N) is 2. The van der Waals surface area contributed by atoms with E-state index in [1.807, 2.05) is 0 Å². The Hall–Kier alpha value is -2.22. The van der Waals surface area contributed by atoms with E-state index in [0.29, 0.717) is 11.3 Å². The Kier molecular flexibility index (Phi) is 5.71. The van der Waals surface area contributed by atoms with E-state index in [0.717, 1.165) is 0 Å². The predicted molar refractivity (Wildman–Crippen MR) is 86.4 cm³/mol. The molecule has 2 aromatic rings. The minimum absolute atomic E-state index is 0.196. The summed E-state index contributed by atoms with van der Waals surface area (Å²) in [5.74, 6) is -0.620. The second-order valence-electron chi connectivity index (χ2n) is 5.09. The van der Waals surface area contributed by atoms with E-state index in [4.69, 9.17) is 25.8 Å². The lowest BCUT2D eigenvalue weighted by Crippen LogP contribution is -2.46. The van der Waals surface area contributed by atoms with Crippen LogP contribution in [-0.4, -0.2) is 41.6 Å². The molecule has 0 bridgehead atoms. The highest BCUT2D eigenvalue weighted by Gasteiger charge is 2.46. The van der Waals surface area contributed by atoms with Crippen LogP contribution in [-0.2, 0) is 19.7 Å². The van der Waals surface area contributed by atoms with Crippen molar-refractivity contribution in [3.05, 3.63) is 47.4 Å². The number of rotatable bonds is 7. The van der Waals surface area contributed by atoms with Gasteiger partial charge in [0.05, 0.1) is 0 Å². The van der Waals surface area contributed by atoms with Crippen molar-refractivity contribution in [2.45, 2.75) is 18.6 Å². The number of carboxylic acids is 1. The monoisotopic (exact) mass is 352 g/mol. The number of methoxy groups -OCH3 is 2. The summed E-state index contributed by atoms with van der Waals surface area (Å²) in [7, 11) is 2.76. The van der Waals surface area contributed by atoms with E-state index in [-0.39, 0.29) is 11.0 Å². The third-order valence-corrected chi connectivity index (χ3v) is 3.82.